The zero-order valence-corrected chi connectivity index (χ0v) is 28.8. The molecule has 0 aromatic rings. The van der Waals surface area contributed by atoms with Crippen molar-refractivity contribution in [2.75, 3.05) is 125 Å². The van der Waals surface area contributed by atoms with Gasteiger partial charge < -0.3 is 44.0 Å². The lowest BCUT2D eigenvalue weighted by Crippen LogP contribution is -2.41. The molecule has 14 nitrogen and oxygen atoms in total. The summed E-state index contributed by atoms with van der Waals surface area (Å²) >= 11 is 0. The highest BCUT2D eigenvalue weighted by molar-refractivity contribution is 5.98. The molecule has 14 heteroatoms. The molecule has 0 aromatic heterocycles. The van der Waals surface area contributed by atoms with Crippen LogP contribution in [0.2, 0.25) is 0 Å². The van der Waals surface area contributed by atoms with Crippen LogP contribution in [0, 0.1) is 34.5 Å². The summed E-state index contributed by atoms with van der Waals surface area (Å²) in [4.78, 5) is 40.6. The van der Waals surface area contributed by atoms with E-state index in [-0.39, 0.29) is 47.1 Å². The van der Waals surface area contributed by atoms with E-state index < -0.39 is 0 Å². The van der Waals surface area contributed by atoms with E-state index in [4.69, 9.17) is 28.4 Å². The molecule has 268 valence electrons. The maximum absolute atomic E-state index is 13.4. The lowest BCUT2D eigenvalue weighted by Gasteiger charge is -2.33. The summed E-state index contributed by atoms with van der Waals surface area (Å²) in [6, 6.07) is 2.12. The van der Waals surface area contributed by atoms with E-state index in [2.05, 4.69) is 35.5 Å². The topological polar surface area (TPSA) is 161 Å². The number of morpholine rings is 1. The first-order valence-corrected chi connectivity index (χ1v) is 16.7. The van der Waals surface area contributed by atoms with Crippen molar-refractivity contribution in [2.45, 2.75) is 27.7 Å². The van der Waals surface area contributed by atoms with Crippen molar-refractivity contribution >= 4 is 18.2 Å². The summed E-state index contributed by atoms with van der Waals surface area (Å²) < 4.78 is 32.6. The molecule has 2 atom stereocenters. The van der Waals surface area contributed by atoms with Crippen LogP contribution in [0.1, 0.15) is 27.7 Å². The van der Waals surface area contributed by atoms with Gasteiger partial charge in [0.05, 0.1) is 85.2 Å². The Bertz CT molecular complexity index is 982. The third-order valence-corrected chi connectivity index (χ3v) is 7.97. The number of hydrogen-bond acceptors (Lipinski definition) is 11. The Hall–Kier alpha value is -2.64. The molecule has 0 unspecified atom stereocenters. The average molecular weight is 668 g/mol. The normalized spacial score (nSPS) is 19.1. The molecule has 2 aliphatic heterocycles. The summed E-state index contributed by atoms with van der Waals surface area (Å²) in [5, 5.41) is 15.4. The van der Waals surface area contributed by atoms with Crippen molar-refractivity contribution < 1.29 is 42.8 Å². The third kappa shape index (κ3) is 16.8. The Morgan fingerprint density at radius 1 is 0.894 bits per heavy atom. The van der Waals surface area contributed by atoms with E-state index in [1.165, 1.54) is 0 Å². The van der Waals surface area contributed by atoms with Gasteiger partial charge in [-0.25, -0.2) is 0 Å². The van der Waals surface area contributed by atoms with Gasteiger partial charge in [0, 0.05) is 45.8 Å². The van der Waals surface area contributed by atoms with E-state index in [1.54, 1.807) is 11.0 Å². The van der Waals surface area contributed by atoms with Crippen molar-refractivity contribution in [2.24, 2.45) is 23.2 Å². The van der Waals surface area contributed by atoms with Crippen LogP contribution in [0.5, 0.6) is 0 Å². The SMILES string of the molecule is CC(C)[C@@H]1CN(C(=O)/C(C#N)=C/C(C)(C)CN2CCOCC2)C[C@H]1C(=O)NCCOCCOCCOCCOCCOCCNC=O. The molecular weight excluding hydrogens is 610 g/mol. The molecule has 0 aromatic carbocycles. The Morgan fingerprint density at radius 2 is 1.43 bits per heavy atom. The van der Waals surface area contributed by atoms with E-state index in [0.29, 0.717) is 105 Å². The average Bonchev–Trinajstić information content (AvgIpc) is 3.51. The molecule has 2 N–H and O–H groups in total. The molecule has 0 bridgehead atoms. The zero-order valence-electron chi connectivity index (χ0n) is 28.8. The van der Waals surface area contributed by atoms with E-state index in [9.17, 15) is 19.6 Å². The lowest BCUT2D eigenvalue weighted by atomic mass is 9.85. The second-order valence-electron chi connectivity index (χ2n) is 12.7. The Morgan fingerprint density at radius 3 is 1.94 bits per heavy atom. The van der Waals surface area contributed by atoms with Gasteiger partial charge in [0.15, 0.2) is 0 Å². The van der Waals surface area contributed by atoms with Gasteiger partial charge in [-0.1, -0.05) is 33.8 Å². The minimum Gasteiger partial charge on any atom is -0.379 e. The fraction of sp³-hybridized carbons (Fsp3) is 0.818. The molecule has 2 saturated heterocycles. The van der Waals surface area contributed by atoms with Crippen molar-refractivity contribution in [3.05, 3.63) is 11.6 Å². The van der Waals surface area contributed by atoms with Crippen molar-refractivity contribution in [3.8, 4) is 6.07 Å². The van der Waals surface area contributed by atoms with Crippen LogP contribution in [-0.4, -0.2) is 153 Å². The van der Waals surface area contributed by atoms with Crippen LogP contribution in [-0.2, 0) is 42.8 Å². The van der Waals surface area contributed by atoms with Gasteiger partial charge in [-0.2, -0.15) is 5.26 Å². The quantitative estimate of drug-likeness (QED) is 0.0603. The highest BCUT2D eigenvalue weighted by Crippen LogP contribution is 2.31. The van der Waals surface area contributed by atoms with Crippen LogP contribution < -0.4 is 10.6 Å². The summed E-state index contributed by atoms with van der Waals surface area (Å²) in [5.41, 5.74) is -0.239. The van der Waals surface area contributed by atoms with Crippen LogP contribution in [0.15, 0.2) is 11.6 Å². The van der Waals surface area contributed by atoms with Gasteiger partial charge >= 0.3 is 0 Å². The fourth-order valence-corrected chi connectivity index (χ4v) is 5.58. The molecule has 2 heterocycles. The van der Waals surface area contributed by atoms with E-state index in [1.807, 2.05) is 13.8 Å². The third-order valence-electron chi connectivity index (χ3n) is 7.97. The first-order chi connectivity index (χ1) is 22.7. The van der Waals surface area contributed by atoms with Crippen LogP contribution in [0.3, 0.4) is 0 Å². The molecule has 0 aliphatic carbocycles. The summed E-state index contributed by atoms with van der Waals surface area (Å²) in [5.74, 6) is -0.564. The second kappa shape index (κ2) is 23.6. The number of carbonyl (C=O) groups excluding carboxylic acids is 3. The fourth-order valence-electron chi connectivity index (χ4n) is 5.58. The van der Waals surface area contributed by atoms with Gasteiger partial charge in [-0.05, 0) is 17.3 Å². The summed E-state index contributed by atoms with van der Waals surface area (Å²) in [6.45, 7) is 17.9. The van der Waals surface area contributed by atoms with Gasteiger partial charge in [-0.3, -0.25) is 19.3 Å². The molecule has 0 radical (unpaired) electrons. The minimum atomic E-state index is -0.366. The molecule has 0 spiro atoms. The Balaban J connectivity index is 1.60. The Kier molecular flexibility index (Phi) is 20.4. The molecule has 2 fully saturated rings. The molecule has 47 heavy (non-hydrogen) atoms. The highest BCUT2D eigenvalue weighted by atomic mass is 16.6. The van der Waals surface area contributed by atoms with Crippen LogP contribution in [0.4, 0.5) is 0 Å². The summed E-state index contributed by atoms with van der Waals surface area (Å²) in [6.07, 6.45) is 2.42. The minimum absolute atomic E-state index is 0.0000579. The number of likely N-dealkylation sites (tertiary alicyclic amines) is 1. The van der Waals surface area contributed by atoms with Crippen molar-refractivity contribution in [3.63, 3.8) is 0 Å². The first kappa shape index (κ1) is 40.5. The second-order valence-corrected chi connectivity index (χ2v) is 12.7. The van der Waals surface area contributed by atoms with Gasteiger partial charge in [0.25, 0.3) is 5.91 Å². The predicted molar refractivity (Wildman–Crippen MR) is 174 cm³/mol. The number of carbonyl (C=O) groups is 3. The van der Waals surface area contributed by atoms with Crippen LogP contribution >= 0.6 is 0 Å². The first-order valence-electron chi connectivity index (χ1n) is 16.7. The van der Waals surface area contributed by atoms with Gasteiger partial charge in [0.2, 0.25) is 12.3 Å². The van der Waals surface area contributed by atoms with Gasteiger partial charge in [-0.15, -0.1) is 0 Å². The number of ether oxygens (including phenoxy) is 6. The number of nitrogens with zero attached hydrogens (tertiary/aromatic N) is 3. The smallest absolute Gasteiger partial charge is 0.264 e. The van der Waals surface area contributed by atoms with Gasteiger partial charge in [0.1, 0.15) is 11.6 Å². The predicted octanol–water partition coefficient (Wildman–Crippen LogP) is 0.471. The highest BCUT2D eigenvalue weighted by Gasteiger charge is 2.41. The number of rotatable bonds is 25. The Labute approximate surface area is 280 Å². The monoisotopic (exact) mass is 667 g/mol. The maximum atomic E-state index is 13.4. The molecular formula is C33H57N5O9. The maximum Gasteiger partial charge on any atom is 0.264 e. The summed E-state index contributed by atoms with van der Waals surface area (Å²) in [7, 11) is 0. The van der Waals surface area contributed by atoms with E-state index >= 15 is 0 Å². The largest absolute Gasteiger partial charge is 0.379 e. The van der Waals surface area contributed by atoms with E-state index in [0.717, 1.165) is 19.6 Å². The van der Waals surface area contributed by atoms with Crippen LogP contribution in [0.25, 0.3) is 0 Å². The molecule has 0 saturated carbocycles. The number of nitrogens with one attached hydrogen (secondary N) is 2. The molecule has 3 amide bonds. The lowest BCUT2D eigenvalue weighted by molar-refractivity contribution is -0.127. The standard InChI is InChI=1S/C33H57N5O9/c1-27(2)29-23-38(32(41)28(22-34)21-33(3,4)25-37-7-11-44-12-8-37)24-30(29)31(40)36-6-10-43-14-16-46-18-20-47-19-17-45-15-13-42-9-5-35-26-39/h21,26-27,29-30H,5-20,23-25H2,1-4H3,(H,35,39)(H,36,40)/b28-21+/t29-,30+/m0/s1. The number of nitriles is 1. The zero-order chi connectivity index (χ0) is 34.3. The molecule has 2 rings (SSSR count). The number of amides is 3. The number of hydrogen-bond donors (Lipinski definition) is 2. The van der Waals surface area contributed by atoms with Crippen molar-refractivity contribution in [1.82, 2.24) is 20.4 Å². The van der Waals surface area contributed by atoms with Crippen molar-refractivity contribution in [1.29, 1.82) is 5.26 Å². The molecule has 2 aliphatic rings.